The second-order valence-corrected chi connectivity index (χ2v) is 8.28. The number of carbonyl (C=O) groups excluding carboxylic acids is 1. The Balaban J connectivity index is 1.47. The van der Waals surface area contributed by atoms with Crippen molar-refractivity contribution in [3.8, 4) is 5.75 Å². The zero-order chi connectivity index (χ0) is 17.9. The van der Waals surface area contributed by atoms with E-state index in [0.29, 0.717) is 12.4 Å². The van der Waals surface area contributed by atoms with Crippen molar-refractivity contribution in [1.82, 2.24) is 0 Å². The Labute approximate surface area is 151 Å². The van der Waals surface area contributed by atoms with Gasteiger partial charge in [0.1, 0.15) is 5.75 Å². The zero-order valence-corrected chi connectivity index (χ0v) is 15.4. The van der Waals surface area contributed by atoms with E-state index in [1.54, 1.807) is 0 Å². The highest BCUT2D eigenvalue weighted by atomic mass is 32.2. The van der Waals surface area contributed by atoms with Gasteiger partial charge in [-0.2, -0.15) is 0 Å². The Morgan fingerprint density at radius 3 is 2.60 bits per heavy atom. The molecule has 0 radical (unpaired) electrons. The van der Waals surface area contributed by atoms with Gasteiger partial charge in [0.15, 0.2) is 0 Å². The molecule has 1 unspecified atom stereocenters. The summed E-state index contributed by atoms with van der Waals surface area (Å²) in [7, 11) is -0.947. The van der Waals surface area contributed by atoms with Crippen LogP contribution in [0.15, 0.2) is 53.4 Å². The fraction of sp³-hybridized carbons (Fsp3) is 0.350. The maximum Gasteiger partial charge on any atom is 0.234 e. The lowest BCUT2D eigenvalue weighted by molar-refractivity contribution is -0.119. The largest absolute Gasteiger partial charge is 0.494 e. The first kappa shape index (κ1) is 17.7. The smallest absolute Gasteiger partial charge is 0.234 e. The van der Waals surface area contributed by atoms with E-state index in [1.165, 1.54) is 0 Å². The summed E-state index contributed by atoms with van der Waals surface area (Å²) in [5, 5.41) is 2.89. The highest BCUT2D eigenvalue weighted by molar-refractivity contribution is 7.85. The van der Waals surface area contributed by atoms with Crippen LogP contribution in [0.1, 0.15) is 32.3 Å². The average molecular weight is 357 g/mol. The summed E-state index contributed by atoms with van der Waals surface area (Å²) in [6, 6.07) is 15.2. The second-order valence-electron chi connectivity index (χ2n) is 6.70. The third-order valence-electron chi connectivity index (χ3n) is 4.48. The summed E-state index contributed by atoms with van der Waals surface area (Å²) >= 11 is 0. The molecule has 1 heterocycles. The number of rotatable bonds is 7. The van der Waals surface area contributed by atoms with E-state index in [9.17, 15) is 9.00 Å². The highest BCUT2D eigenvalue weighted by Gasteiger charge is 2.38. The van der Waals surface area contributed by atoms with Gasteiger partial charge in [-0.25, -0.2) is 0 Å². The van der Waals surface area contributed by atoms with Gasteiger partial charge in [-0.1, -0.05) is 18.2 Å². The predicted octanol–water partition coefficient (Wildman–Crippen LogP) is 3.88. The van der Waals surface area contributed by atoms with E-state index in [2.05, 4.69) is 5.32 Å². The highest BCUT2D eigenvalue weighted by Crippen LogP contribution is 2.39. The molecule has 0 bridgehead atoms. The second kappa shape index (κ2) is 7.40. The first-order valence-corrected chi connectivity index (χ1v) is 9.82. The van der Waals surface area contributed by atoms with E-state index in [0.717, 1.165) is 34.7 Å². The molecule has 1 N–H and O–H groups in total. The molecule has 2 aromatic carbocycles. The minimum atomic E-state index is -0.947. The molecule has 0 fully saturated rings. The van der Waals surface area contributed by atoms with Crippen molar-refractivity contribution in [2.24, 2.45) is 0 Å². The average Bonchev–Trinajstić information content (AvgIpc) is 2.84. The summed E-state index contributed by atoms with van der Waals surface area (Å²) < 4.78 is 17.9. The molecule has 0 spiro atoms. The molecule has 4 nitrogen and oxygen atoms in total. The fourth-order valence-corrected chi connectivity index (χ4v) is 4.02. The van der Waals surface area contributed by atoms with Crippen LogP contribution in [0.5, 0.6) is 5.75 Å². The molecule has 5 heteroatoms. The first-order valence-electron chi connectivity index (χ1n) is 8.51. The maximum absolute atomic E-state index is 12.1. The molecule has 2 aromatic rings. The van der Waals surface area contributed by atoms with Crippen molar-refractivity contribution in [1.29, 1.82) is 0 Å². The third kappa shape index (κ3) is 3.93. The summed E-state index contributed by atoms with van der Waals surface area (Å²) in [5.74, 6) is 1.43. The van der Waals surface area contributed by atoms with Crippen LogP contribution in [-0.2, 0) is 21.0 Å². The Kier molecular flexibility index (Phi) is 5.23. The van der Waals surface area contributed by atoms with Gasteiger partial charge in [-0.3, -0.25) is 9.00 Å². The van der Waals surface area contributed by atoms with Gasteiger partial charge < -0.3 is 10.1 Å². The molecule has 1 amide bonds. The van der Waals surface area contributed by atoms with Crippen LogP contribution in [0.25, 0.3) is 0 Å². The topological polar surface area (TPSA) is 55.4 Å². The number of ether oxygens (including phenoxy) is 1. The lowest BCUT2D eigenvalue weighted by Gasteiger charge is -2.16. The lowest BCUT2D eigenvalue weighted by Crippen LogP contribution is -2.26. The number of nitrogens with one attached hydrogen (secondary N) is 1. The Morgan fingerprint density at radius 1 is 1.08 bits per heavy atom. The zero-order valence-electron chi connectivity index (χ0n) is 14.6. The van der Waals surface area contributed by atoms with Gasteiger partial charge in [-0.05, 0) is 62.6 Å². The molecule has 25 heavy (non-hydrogen) atoms. The summed E-state index contributed by atoms with van der Waals surface area (Å²) in [6.45, 7) is 4.40. The number of benzene rings is 2. The molecule has 3 rings (SSSR count). The van der Waals surface area contributed by atoms with E-state index in [1.807, 2.05) is 62.4 Å². The SMILES string of the molecule is CC1(C)C(=O)Nc2ccc(OCCCCS(=O)c3ccccc3)cc21. The van der Waals surface area contributed by atoms with Gasteiger partial charge >= 0.3 is 0 Å². The normalized spacial score (nSPS) is 16.2. The number of hydrogen-bond donors (Lipinski definition) is 1. The molecular formula is C20H23NO3S. The summed E-state index contributed by atoms with van der Waals surface area (Å²) in [5.41, 5.74) is 1.31. The monoisotopic (exact) mass is 357 g/mol. The van der Waals surface area contributed by atoms with E-state index >= 15 is 0 Å². The molecule has 1 aliphatic rings. The van der Waals surface area contributed by atoms with Gasteiger partial charge in [-0.15, -0.1) is 0 Å². The number of amides is 1. The van der Waals surface area contributed by atoms with Crippen molar-refractivity contribution in [3.05, 3.63) is 54.1 Å². The van der Waals surface area contributed by atoms with Crippen molar-refractivity contribution in [2.45, 2.75) is 37.0 Å². The molecular weight excluding hydrogens is 334 g/mol. The van der Waals surface area contributed by atoms with Gasteiger partial charge in [0.25, 0.3) is 0 Å². The van der Waals surface area contributed by atoms with Crippen LogP contribution in [0.2, 0.25) is 0 Å². The molecule has 0 saturated carbocycles. The van der Waals surface area contributed by atoms with Gasteiger partial charge in [0, 0.05) is 16.3 Å². The molecule has 1 aliphatic heterocycles. The number of anilines is 1. The van der Waals surface area contributed by atoms with Crippen LogP contribution in [0, 0.1) is 0 Å². The van der Waals surface area contributed by atoms with E-state index < -0.39 is 16.2 Å². The van der Waals surface area contributed by atoms with E-state index in [4.69, 9.17) is 4.74 Å². The molecule has 0 aromatic heterocycles. The number of unbranched alkanes of at least 4 members (excludes halogenated alkanes) is 1. The van der Waals surface area contributed by atoms with Gasteiger partial charge in [0.05, 0.1) is 22.8 Å². The van der Waals surface area contributed by atoms with Crippen molar-refractivity contribution in [2.75, 3.05) is 17.7 Å². The Hall–Kier alpha value is -2.14. The quantitative estimate of drug-likeness (QED) is 0.765. The molecule has 0 saturated heterocycles. The van der Waals surface area contributed by atoms with Crippen LogP contribution >= 0.6 is 0 Å². The minimum Gasteiger partial charge on any atom is -0.494 e. The first-order chi connectivity index (χ1) is 12.0. The van der Waals surface area contributed by atoms with Crippen LogP contribution in [0.4, 0.5) is 5.69 Å². The molecule has 132 valence electrons. The van der Waals surface area contributed by atoms with Crippen molar-refractivity contribution >= 4 is 22.4 Å². The maximum atomic E-state index is 12.1. The summed E-state index contributed by atoms with van der Waals surface area (Å²) in [6.07, 6.45) is 1.69. The van der Waals surface area contributed by atoms with Crippen LogP contribution in [-0.4, -0.2) is 22.5 Å². The summed E-state index contributed by atoms with van der Waals surface area (Å²) in [4.78, 5) is 12.8. The number of hydrogen-bond acceptors (Lipinski definition) is 3. The van der Waals surface area contributed by atoms with Gasteiger partial charge in [0.2, 0.25) is 5.91 Å². The number of fused-ring (bicyclic) bond motifs is 1. The predicted molar refractivity (Wildman–Crippen MR) is 101 cm³/mol. The van der Waals surface area contributed by atoms with Crippen LogP contribution < -0.4 is 10.1 Å². The Morgan fingerprint density at radius 2 is 1.84 bits per heavy atom. The fourth-order valence-electron chi connectivity index (χ4n) is 2.86. The van der Waals surface area contributed by atoms with Crippen LogP contribution in [0.3, 0.4) is 0 Å². The molecule has 1 atom stereocenters. The number of carbonyl (C=O) groups is 1. The minimum absolute atomic E-state index is 0.0167. The molecule has 0 aliphatic carbocycles. The Bertz CT molecular complexity index is 787. The lowest BCUT2D eigenvalue weighted by atomic mass is 9.86. The van der Waals surface area contributed by atoms with E-state index in [-0.39, 0.29) is 5.91 Å². The van der Waals surface area contributed by atoms with Crippen molar-refractivity contribution < 1.29 is 13.7 Å². The third-order valence-corrected chi connectivity index (χ3v) is 5.94. The van der Waals surface area contributed by atoms with Crippen molar-refractivity contribution in [3.63, 3.8) is 0 Å². The standard InChI is InChI=1S/C20H23NO3S/c1-20(2)17-14-15(10-11-18(17)21-19(20)22)24-12-6-7-13-25(23)16-8-4-3-5-9-16/h3-5,8-11,14H,6-7,12-13H2,1-2H3,(H,21,22).